The van der Waals surface area contributed by atoms with Crippen LogP contribution in [0.25, 0.3) is 0 Å². The number of rotatable bonds is 7. The summed E-state index contributed by atoms with van der Waals surface area (Å²) in [5.74, 6) is 4.12. The Labute approximate surface area is 152 Å². The maximum absolute atomic E-state index is 6.08. The van der Waals surface area contributed by atoms with Crippen molar-refractivity contribution in [2.75, 3.05) is 25.6 Å². The first-order valence-electron chi connectivity index (χ1n) is 7.68. The third-order valence-corrected chi connectivity index (χ3v) is 3.65. The quantitative estimate of drug-likeness (QED) is 0.453. The molecule has 0 fully saturated rings. The Hall–Kier alpha value is -2.84. The first kappa shape index (κ1) is 18.5. The van der Waals surface area contributed by atoms with Crippen molar-refractivity contribution in [3.8, 4) is 23.8 Å². The molecule has 0 aliphatic rings. The average molecular weight is 358 g/mol. The van der Waals surface area contributed by atoms with E-state index < -0.39 is 0 Å². The van der Waals surface area contributed by atoms with Gasteiger partial charge in [0.1, 0.15) is 18.1 Å². The van der Waals surface area contributed by atoms with E-state index in [2.05, 4.69) is 16.2 Å². The molecule has 0 bridgehead atoms. The Kier molecular flexibility index (Phi) is 7.00. The van der Waals surface area contributed by atoms with Gasteiger partial charge in [-0.05, 0) is 42.3 Å². The number of nitrogens with two attached hydrogens (primary N) is 1. The van der Waals surface area contributed by atoms with Crippen LogP contribution in [-0.2, 0) is 6.42 Å². The van der Waals surface area contributed by atoms with Crippen LogP contribution < -0.4 is 20.5 Å². The molecule has 130 valence electrons. The summed E-state index contributed by atoms with van der Waals surface area (Å²) in [6.45, 7) is 0.828. The molecule has 0 aliphatic heterocycles. The fourth-order valence-electron chi connectivity index (χ4n) is 2.11. The Morgan fingerprint density at radius 2 is 2.04 bits per heavy atom. The van der Waals surface area contributed by atoms with Gasteiger partial charge in [0.2, 0.25) is 0 Å². The molecule has 0 aromatic heterocycles. The Bertz CT molecular complexity index is 767. The fourth-order valence-corrected chi connectivity index (χ4v) is 2.37. The summed E-state index contributed by atoms with van der Waals surface area (Å²) in [6.07, 6.45) is 5.92. The summed E-state index contributed by atoms with van der Waals surface area (Å²) in [5, 5.41) is 3.51. The number of methoxy groups -OCH3 is 1. The van der Waals surface area contributed by atoms with Crippen molar-refractivity contribution in [2.24, 2.45) is 10.7 Å². The predicted octanol–water partition coefficient (Wildman–Crippen LogP) is 3.33. The number of aliphatic imine (C=N–C) groups is 1. The van der Waals surface area contributed by atoms with Crippen LogP contribution in [0.15, 0.2) is 47.5 Å². The molecule has 0 spiro atoms. The largest absolute Gasteiger partial charge is 0.495 e. The molecule has 0 atom stereocenters. The summed E-state index contributed by atoms with van der Waals surface area (Å²) in [7, 11) is 1.57. The molecule has 0 heterocycles. The van der Waals surface area contributed by atoms with Crippen LogP contribution in [0, 0.1) is 12.3 Å². The fraction of sp³-hybridized carbons (Fsp3) is 0.211. The van der Waals surface area contributed by atoms with E-state index in [1.807, 2.05) is 30.3 Å². The second-order valence-corrected chi connectivity index (χ2v) is 5.54. The number of hydrogen-bond donors (Lipinski definition) is 2. The van der Waals surface area contributed by atoms with Crippen molar-refractivity contribution in [3.05, 3.63) is 53.1 Å². The molecule has 6 heteroatoms. The van der Waals surface area contributed by atoms with Crippen LogP contribution in [-0.4, -0.2) is 26.2 Å². The van der Waals surface area contributed by atoms with Crippen molar-refractivity contribution >= 4 is 23.2 Å². The molecule has 2 aromatic carbocycles. The van der Waals surface area contributed by atoms with Gasteiger partial charge in [0.05, 0.1) is 12.1 Å². The molecule has 2 aromatic rings. The number of benzene rings is 2. The van der Waals surface area contributed by atoms with E-state index in [4.69, 9.17) is 33.2 Å². The first-order valence-corrected chi connectivity index (χ1v) is 8.06. The Morgan fingerprint density at radius 1 is 1.28 bits per heavy atom. The SMILES string of the molecule is C#CCOc1ccc(CCN=C(N)Nc2ccc(OC)c(Cl)c2)cc1. The minimum atomic E-state index is 0.265. The smallest absolute Gasteiger partial charge is 0.193 e. The van der Waals surface area contributed by atoms with Crippen LogP contribution in [0.3, 0.4) is 0 Å². The molecule has 0 radical (unpaired) electrons. The van der Waals surface area contributed by atoms with Gasteiger partial charge < -0.3 is 20.5 Å². The van der Waals surface area contributed by atoms with Gasteiger partial charge in [-0.25, -0.2) is 0 Å². The van der Waals surface area contributed by atoms with Crippen molar-refractivity contribution < 1.29 is 9.47 Å². The molecule has 5 nitrogen and oxygen atoms in total. The highest BCUT2D eigenvalue weighted by Gasteiger charge is 2.02. The summed E-state index contributed by atoms with van der Waals surface area (Å²) >= 11 is 6.08. The number of anilines is 1. The van der Waals surface area contributed by atoms with Gasteiger partial charge in [-0.1, -0.05) is 29.7 Å². The lowest BCUT2D eigenvalue weighted by Crippen LogP contribution is -2.23. The standard InChI is InChI=1S/C19H20ClN3O2/c1-3-12-25-16-7-4-14(5-8-16)10-11-22-19(21)23-15-6-9-18(24-2)17(20)13-15/h1,4-9,13H,10-12H2,2H3,(H3,21,22,23). The molecule has 0 saturated heterocycles. The van der Waals surface area contributed by atoms with Crippen molar-refractivity contribution in [2.45, 2.75) is 6.42 Å². The first-order chi connectivity index (χ1) is 12.1. The third kappa shape index (κ3) is 5.94. The lowest BCUT2D eigenvalue weighted by Gasteiger charge is -2.08. The Balaban J connectivity index is 1.85. The second-order valence-electron chi connectivity index (χ2n) is 5.13. The molecule has 0 unspecified atom stereocenters. The molecule has 3 N–H and O–H groups in total. The van der Waals surface area contributed by atoms with Gasteiger partial charge >= 0.3 is 0 Å². The zero-order chi connectivity index (χ0) is 18.1. The van der Waals surface area contributed by atoms with Gasteiger partial charge in [-0.3, -0.25) is 4.99 Å². The monoisotopic (exact) mass is 357 g/mol. The van der Waals surface area contributed by atoms with E-state index in [1.54, 1.807) is 19.2 Å². The van der Waals surface area contributed by atoms with E-state index in [9.17, 15) is 0 Å². The van der Waals surface area contributed by atoms with Gasteiger partial charge in [-0.2, -0.15) is 0 Å². The van der Waals surface area contributed by atoms with E-state index >= 15 is 0 Å². The minimum absolute atomic E-state index is 0.265. The number of halogens is 1. The van der Waals surface area contributed by atoms with Gasteiger partial charge in [0.15, 0.2) is 5.96 Å². The van der Waals surface area contributed by atoms with E-state index in [0.29, 0.717) is 23.3 Å². The molecule has 0 amide bonds. The number of guanidine groups is 1. The maximum atomic E-state index is 6.08. The topological polar surface area (TPSA) is 68.9 Å². The van der Waals surface area contributed by atoms with E-state index in [-0.39, 0.29) is 6.61 Å². The lowest BCUT2D eigenvalue weighted by atomic mass is 10.1. The molecular weight excluding hydrogens is 338 g/mol. The van der Waals surface area contributed by atoms with E-state index in [0.717, 1.165) is 23.4 Å². The normalized spacial score (nSPS) is 10.8. The van der Waals surface area contributed by atoms with Crippen LogP contribution in [0.2, 0.25) is 5.02 Å². The second kappa shape index (κ2) is 9.45. The van der Waals surface area contributed by atoms with Gasteiger partial charge in [0, 0.05) is 12.2 Å². The highest BCUT2D eigenvalue weighted by Crippen LogP contribution is 2.27. The molecular formula is C19H20ClN3O2. The maximum Gasteiger partial charge on any atom is 0.193 e. The van der Waals surface area contributed by atoms with Crippen LogP contribution in [0.5, 0.6) is 11.5 Å². The minimum Gasteiger partial charge on any atom is -0.495 e. The zero-order valence-electron chi connectivity index (χ0n) is 14.0. The third-order valence-electron chi connectivity index (χ3n) is 3.35. The average Bonchev–Trinajstić information content (AvgIpc) is 2.61. The summed E-state index contributed by atoms with van der Waals surface area (Å²) in [4.78, 5) is 4.31. The summed E-state index contributed by atoms with van der Waals surface area (Å²) < 4.78 is 10.4. The number of hydrogen-bond acceptors (Lipinski definition) is 3. The highest BCUT2D eigenvalue weighted by atomic mass is 35.5. The predicted molar refractivity (Wildman–Crippen MR) is 103 cm³/mol. The number of ether oxygens (including phenoxy) is 2. The molecule has 2 rings (SSSR count). The van der Waals surface area contributed by atoms with Crippen molar-refractivity contribution in [3.63, 3.8) is 0 Å². The van der Waals surface area contributed by atoms with Crippen LogP contribution >= 0.6 is 11.6 Å². The molecule has 25 heavy (non-hydrogen) atoms. The zero-order valence-corrected chi connectivity index (χ0v) is 14.7. The molecule has 0 saturated carbocycles. The van der Waals surface area contributed by atoms with Gasteiger partial charge in [0.25, 0.3) is 0 Å². The van der Waals surface area contributed by atoms with Crippen molar-refractivity contribution in [1.29, 1.82) is 0 Å². The number of terminal acetylenes is 1. The van der Waals surface area contributed by atoms with E-state index in [1.165, 1.54) is 0 Å². The lowest BCUT2D eigenvalue weighted by molar-refractivity contribution is 0.370. The number of nitrogens with zero attached hydrogens (tertiary/aromatic N) is 1. The Morgan fingerprint density at radius 3 is 2.68 bits per heavy atom. The highest BCUT2D eigenvalue weighted by molar-refractivity contribution is 6.32. The van der Waals surface area contributed by atoms with Crippen molar-refractivity contribution in [1.82, 2.24) is 0 Å². The van der Waals surface area contributed by atoms with Crippen LogP contribution in [0.4, 0.5) is 5.69 Å². The summed E-state index contributed by atoms with van der Waals surface area (Å²) in [5.41, 5.74) is 7.78. The van der Waals surface area contributed by atoms with Gasteiger partial charge in [-0.15, -0.1) is 6.42 Å². The number of nitrogens with one attached hydrogen (secondary N) is 1. The molecule has 0 aliphatic carbocycles. The summed E-state index contributed by atoms with van der Waals surface area (Å²) in [6, 6.07) is 13.1. The van der Waals surface area contributed by atoms with Crippen LogP contribution in [0.1, 0.15) is 5.56 Å².